The van der Waals surface area contributed by atoms with Crippen LogP contribution in [0, 0.1) is 0 Å². The first-order chi connectivity index (χ1) is 9.94. The topological polar surface area (TPSA) is 28.4 Å². The molecule has 3 nitrogen and oxygen atoms in total. The predicted molar refractivity (Wildman–Crippen MR) is 86.9 cm³/mol. The SMILES string of the molecule is CN(Cc1ccco1)Cc1ccccc1CNC(C)(C)C. The van der Waals surface area contributed by atoms with Crippen molar-refractivity contribution in [2.45, 2.75) is 45.9 Å². The number of rotatable bonds is 6. The molecule has 0 aliphatic carbocycles. The molecule has 0 spiro atoms. The molecular weight excluding hydrogens is 260 g/mol. The summed E-state index contributed by atoms with van der Waals surface area (Å²) in [6, 6.07) is 12.6. The summed E-state index contributed by atoms with van der Waals surface area (Å²) in [6.07, 6.45) is 1.73. The van der Waals surface area contributed by atoms with Gasteiger partial charge >= 0.3 is 0 Å². The lowest BCUT2D eigenvalue weighted by Crippen LogP contribution is -2.35. The maximum Gasteiger partial charge on any atom is 0.117 e. The molecule has 0 saturated carbocycles. The first kappa shape index (κ1) is 15.8. The van der Waals surface area contributed by atoms with Crippen LogP contribution in [0.1, 0.15) is 37.7 Å². The van der Waals surface area contributed by atoms with Gasteiger partial charge in [0, 0.05) is 18.6 Å². The van der Waals surface area contributed by atoms with Gasteiger partial charge in [0.1, 0.15) is 5.76 Å². The number of hydrogen-bond donors (Lipinski definition) is 1. The number of nitrogens with one attached hydrogen (secondary N) is 1. The highest BCUT2D eigenvalue weighted by Crippen LogP contribution is 2.14. The Morgan fingerprint density at radius 2 is 1.71 bits per heavy atom. The van der Waals surface area contributed by atoms with Crippen LogP contribution in [-0.2, 0) is 19.6 Å². The molecule has 0 radical (unpaired) electrons. The number of nitrogens with zero attached hydrogens (tertiary/aromatic N) is 1. The second-order valence-corrected chi connectivity index (χ2v) is 6.62. The van der Waals surface area contributed by atoms with Crippen LogP contribution >= 0.6 is 0 Å². The van der Waals surface area contributed by atoms with E-state index in [1.807, 2.05) is 12.1 Å². The summed E-state index contributed by atoms with van der Waals surface area (Å²) in [5.41, 5.74) is 2.86. The van der Waals surface area contributed by atoms with Gasteiger partial charge in [-0.25, -0.2) is 0 Å². The molecule has 1 aromatic carbocycles. The van der Waals surface area contributed by atoms with Gasteiger partial charge in [0.05, 0.1) is 12.8 Å². The summed E-state index contributed by atoms with van der Waals surface area (Å²) in [5.74, 6) is 1.00. The molecule has 3 heteroatoms. The van der Waals surface area contributed by atoms with Crippen LogP contribution in [0.2, 0.25) is 0 Å². The van der Waals surface area contributed by atoms with Crippen molar-refractivity contribution in [1.29, 1.82) is 0 Å². The molecule has 0 bridgehead atoms. The summed E-state index contributed by atoms with van der Waals surface area (Å²) in [5, 5.41) is 3.56. The highest BCUT2D eigenvalue weighted by Gasteiger charge is 2.11. The first-order valence-corrected chi connectivity index (χ1v) is 7.47. The van der Waals surface area contributed by atoms with Gasteiger partial charge in [-0.2, -0.15) is 0 Å². The smallest absolute Gasteiger partial charge is 0.117 e. The minimum atomic E-state index is 0.132. The second kappa shape index (κ2) is 6.92. The third-order valence-electron chi connectivity index (χ3n) is 3.37. The average Bonchev–Trinajstić information content (AvgIpc) is 2.89. The van der Waals surface area contributed by atoms with Crippen LogP contribution in [0.5, 0.6) is 0 Å². The maximum atomic E-state index is 5.41. The molecule has 1 aromatic heterocycles. The minimum Gasteiger partial charge on any atom is -0.468 e. The summed E-state index contributed by atoms with van der Waals surface area (Å²) in [7, 11) is 2.12. The van der Waals surface area contributed by atoms with E-state index in [0.29, 0.717) is 0 Å². The van der Waals surface area contributed by atoms with Crippen molar-refractivity contribution in [3.05, 3.63) is 59.5 Å². The van der Waals surface area contributed by atoms with E-state index in [4.69, 9.17) is 4.42 Å². The van der Waals surface area contributed by atoms with Crippen LogP contribution in [0.15, 0.2) is 47.1 Å². The Kier molecular flexibility index (Phi) is 5.21. The Hall–Kier alpha value is -1.58. The fraction of sp³-hybridized carbons (Fsp3) is 0.444. The Morgan fingerprint density at radius 3 is 2.33 bits per heavy atom. The Balaban J connectivity index is 1.99. The molecule has 0 saturated heterocycles. The van der Waals surface area contributed by atoms with Crippen LogP contribution in [-0.4, -0.2) is 17.5 Å². The van der Waals surface area contributed by atoms with E-state index in [0.717, 1.165) is 25.4 Å². The highest BCUT2D eigenvalue weighted by atomic mass is 16.3. The van der Waals surface area contributed by atoms with Gasteiger partial charge in [-0.3, -0.25) is 4.90 Å². The average molecular weight is 286 g/mol. The molecule has 0 aliphatic heterocycles. The van der Waals surface area contributed by atoms with Crippen molar-refractivity contribution in [3.8, 4) is 0 Å². The highest BCUT2D eigenvalue weighted by molar-refractivity contribution is 5.27. The molecule has 1 N–H and O–H groups in total. The van der Waals surface area contributed by atoms with Gasteiger partial charge in [0.2, 0.25) is 0 Å². The van der Waals surface area contributed by atoms with Gasteiger partial charge in [-0.15, -0.1) is 0 Å². The third-order valence-corrected chi connectivity index (χ3v) is 3.37. The third kappa shape index (κ3) is 5.37. The summed E-state index contributed by atoms with van der Waals surface area (Å²) < 4.78 is 5.41. The van der Waals surface area contributed by atoms with Crippen LogP contribution < -0.4 is 5.32 Å². The van der Waals surface area contributed by atoms with Crippen LogP contribution in [0.25, 0.3) is 0 Å². The molecule has 114 valence electrons. The maximum absolute atomic E-state index is 5.41. The fourth-order valence-corrected chi connectivity index (χ4v) is 2.26. The van der Waals surface area contributed by atoms with Crippen molar-refractivity contribution in [1.82, 2.24) is 10.2 Å². The molecule has 2 rings (SSSR count). The lowest BCUT2D eigenvalue weighted by molar-refractivity contribution is 0.286. The van der Waals surface area contributed by atoms with Crippen molar-refractivity contribution >= 4 is 0 Å². The number of hydrogen-bond acceptors (Lipinski definition) is 3. The quantitative estimate of drug-likeness (QED) is 0.875. The lowest BCUT2D eigenvalue weighted by atomic mass is 10.0. The molecular formula is C18H26N2O. The largest absolute Gasteiger partial charge is 0.468 e. The van der Waals surface area contributed by atoms with Crippen LogP contribution in [0.3, 0.4) is 0 Å². The molecule has 0 fully saturated rings. The van der Waals surface area contributed by atoms with Gasteiger partial charge in [-0.1, -0.05) is 24.3 Å². The molecule has 2 aromatic rings. The summed E-state index contributed by atoms with van der Waals surface area (Å²) in [6.45, 7) is 9.22. The predicted octanol–water partition coefficient (Wildman–Crippen LogP) is 3.80. The van der Waals surface area contributed by atoms with E-state index in [9.17, 15) is 0 Å². The summed E-state index contributed by atoms with van der Waals surface area (Å²) >= 11 is 0. The van der Waals surface area contributed by atoms with Crippen molar-refractivity contribution in [2.75, 3.05) is 7.05 Å². The van der Waals surface area contributed by atoms with Gasteiger partial charge in [-0.05, 0) is 51.1 Å². The van der Waals surface area contributed by atoms with Crippen molar-refractivity contribution in [3.63, 3.8) is 0 Å². The van der Waals surface area contributed by atoms with E-state index in [2.05, 4.69) is 62.3 Å². The van der Waals surface area contributed by atoms with Crippen LogP contribution in [0.4, 0.5) is 0 Å². The van der Waals surface area contributed by atoms with E-state index >= 15 is 0 Å². The van der Waals surface area contributed by atoms with Gasteiger partial charge < -0.3 is 9.73 Å². The number of benzene rings is 1. The van der Waals surface area contributed by atoms with E-state index < -0.39 is 0 Å². The molecule has 0 aliphatic rings. The molecule has 0 amide bonds. The lowest BCUT2D eigenvalue weighted by Gasteiger charge is -2.23. The molecule has 0 atom stereocenters. The molecule has 1 heterocycles. The van der Waals surface area contributed by atoms with Gasteiger partial charge in [0.25, 0.3) is 0 Å². The van der Waals surface area contributed by atoms with E-state index in [-0.39, 0.29) is 5.54 Å². The van der Waals surface area contributed by atoms with Crippen molar-refractivity contribution in [2.24, 2.45) is 0 Å². The number of furan rings is 1. The molecule has 21 heavy (non-hydrogen) atoms. The fourth-order valence-electron chi connectivity index (χ4n) is 2.26. The Labute approximate surface area is 128 Å². The van der Waals surface area contributed by atoms with E-state index in [1.165, 1.54) is 11.1 Å². The zero-order chi connectivity index (χ0) is 15.3. The first-order valence-electron chi connectivity index (χ1n) is 7.47. The monoisotopic (exact) mass is 286 g/mol. The molecule has 0 unspecified atom stereocenters. The Morgan fingerprint density at radius 1 is 1.00 bits per heavy atom. The minimum absolute atomic E-state index is 0.132. The zero-order valence-corrected chi connectivity index (χ0v) is 13.5. The second-order valence-electron chi connectivity index (χ2n) is 6.62. The van der Waals surface area contributed by atoms with Gasteiger partial charge in [0.15, 0.2) is 0 Å². The van der Waals surface area contributed by atoms with Crippen molar-refractivity contribution < 1.29 is 4.42 Å². The normalized spacial score (nSPS) is 12.0. The standard InChI is InChI=1S/C18H26N2O/c1-18(2,3)19-12-15-8-5-6-9-16(15)13-20(4)14-17-10-7-11-21-17/h5-11,19H,12-14H2,1-4H3. The summed E-state index contributed by atoms with van der Waals surface area (Å²) in [4.78, 5) is 2.27. The zero-order valence-electron chi connectivity index (χ0n) is 13.5. The van der Waals surface area contributed by atoms with E-state index in [1.54, 1.807) is 6.26 Å². The Bertz CT molecular complexity index is 541.